The number of carbonyl (C=O) groups excluding carboxylic acids is 2. The van der Waals surface area contributed by atoms with Crippen molar-refractivity contribution in [3.05, 3.63) is 65.2 Å². The van der Waals surface area contributed by atoms with Gasteiger partial charge >= 0.3 is 0 Å². The summed E-state index contributed by atoms with van der Waals surface area (Å²) in [4.78, 5) is 28.1. The van der Waals surface area contributed by atoms with Crippen LogP contribution in [0.15, 0.2) is 48.5 Å². The van der Waals surface area contributed by atoms with Gasteiger partial charge in [-0.3, -0.25) is 13.9 Å². The second-order valence-corrected chi connectivity index (χ2v) is 11.4. The molecule has 0 saturated carbocycles. The molecular formula is C28H41N3O4S. The maximum Gasteiger partial charge on any atom is 0.243 e. The Hall–Kier alpha value is -2.87. The molecule has 7 nitrogen and oxygen atoms in total. The monoisotopic (exact) mass is 515 g/mol. The summed E-state index contributed by atoms with van der Waals surface area (Å²) in [5, 5.41) is 3.01. The second kappa shape index (κ2) is 13.4. The van der Waals surface area contributed by atoms with E-state index in [1.165, 1.54) is 10.6 Å². The lowest BCUT2D eigenvalue weighted by atomic mass is 10.1. The molecule has 2 amide bonds. The minimum absolute atomic E-state index is 0.0151. The third-order valence-corrected chi connectivity index (χ3v) is 7.42. The van der Waals surface area contributed by atoms with E-state index in [0.717, 1.165) is 23.1 Å². The molecule has 0 heterocycles. The first-order chi connectivity index (χ1) is 17.0. The lowest BCUT2D eigenvalue weighted by molar-refractivity contribution is -0.141. The standard InChI is InChI=1S/C28H41N3O4S/c1-7-23(5)29-28(33)26(8-2)30(20-24-13-10-9-11-14-24)27(32)15-12-16-31(36(6,34)35)25-18-21(3)17-22(4)19-25/h9-11,13-14,17-19,23,26H,7-8,12,15-16,20H2,1-6H3,(H,29,33). The molecule has 0 aromatic heterocycles. The van der Waals surface area contributed by atoms with Gasteiger partial charge in [-0.05, 0) is 68.9 Å². The van der Waals surface area contributed by atoms with Crippen LogP contribution >= 0.6 is 0 Å². The van der Waals surface area contributed by atoms with Crippen LogP contribution in [0.2, 0.25) is 0 Å². The van der Waals surface area contributed by atoms with Crippen LogP contribution in [0.1, 0.15) is 63.1 Å². The SMILES string of the molecule is CCC(C)NC(=O)C(CC)N(Cc1ccccc1)C(=O)CCCN(c1cc(C)cc(C)c1)S(C)(=O)=O. The molecule has 2 atom stereocenters. The molecule has 0 spiro atoms. The normalized spacial score (nSPS) is 13.1. The Labute approximate surface area is 216 Å². The number of sulfonamides is 1. The number of nitrogens with zero attached hydrogens (tertiary/aromatic N) is 2. The average Bonchev–Trinajstić information content (AvgIpc) is 2.80. The van der Waals surface area contributed by atoms with Crippen molar-refractivity contribution in [1.82, 2.24) is 10.2 Å². The summed E-state index contributed by atoms with van der Waals surface area (Å²) in [6.07, 6.45) is 2.94. The number of aryl methyl sites for hydroxylation is 2. The Morgan fingerprint density at radius 2 is 1.58 bits per heavy atom. The minimum atomic E-state index is -3.52. The average molecular weight is 516 g/mol. The number of amides is 2. The van der Waals surface area contributed by atoms with Gasteiger partial charge in [-0.2, -0.15) is 0 Å². The number of hydrogen-bond acceptors (Lipinski definition) is 4. The first-order valence-corrected chi connectivity index (χ1v) is 14.5. The number of anilines is 1. The molecule has 2 aromatic rings. The van der Waals surface area contributed by atoms with Crippen LogP contribution < -0.4 is 9.62 Å². The van der Waals surface area contributed by atoms with Gasteiger partial charge in [-0.25, -0.2) is 8.42 Å². The molecule has 0 bridgehead atoms. The fraction of sp³-hybridized carbons (Fsp3) is 0.500. The van der Waals surface area contributed by atoms with Gasteiger partial charge in [-0.1, -0.05) is 50.2 Å². The van der Waals surface area contributed by atoms with Crippen LogP contribution in [-0.4, -0.2) is 50.0 Å². The van der Waals surface area contributed by atoms with Crippen molar-refractivity contribution in [2.24, 2.45) is 0 Å². The predicted octanol–water partition coefficient (Wildman–Crippen LogP) is 4.57. The summed E-state index contributed by atoms with van der Waals surface area (Å²) < 4.78 is 26.5. The van der Waals surface area contributed by atoms with E-state index in [-0.39, 0.29) is 30.8 Å². The molecule has 0 saturated heterocycles. The van der Waals surface area contributed by atoms with Gasteiger partial charge in [0.05, 0.1) is 11.9 Å². The van der Waals surface area contributed by atoms with Crippen LogP contribution in [0.3, 0.4) is 0 Å². The van der Waals surface area contributed by atoms with Crippen molar-refractivity contribution in [2.45, 2.75) is 78.9 Å². The van der Waals surface area contributed by atoms with Crippen molar-refractivity contribution in [3.63, 3.8) is 0 Å². The van der Waals surface area contributed by atoms with Gasteiger partial charge in [-0.15, -0.1) is 0 Å². The maximum atomic E-state index is 13.5. The van der Waals surface area contributed by atoms with Crippen LogP contribution in [-0.2, 0) is 26.2 Å². The smallest absolute Gasteiger partial charge is 0.243 e. The lowest BCUT2D eigenvalue weighted by Crippen LogP contribution is -2.50. The molecule has 1 N–H and O–H groups in total. The molecule has 198 valence electrons. The number of benzene rings is 2. The fourth-order valence-corrected chi connectivity index (χ4v) is 5.19. The molecule has 0 radical (unpaired) electrons. The number of carbonyl (C=O) groups is 2. The van der Waals surface area contributed by atoms with E-state index >= 15 is 0 Å². The van der Waals surface area contributed by atoms with E-state index in [4.69, 9.17) is 0 Å². The highest BCUT2D eigenvalue weighted by Gasteiger charge is 2.29. The minimum Gasteiger partial charge on any atom is -0.352 e. The van der Waals surface area contributed by atoms with E-state index < -0.39 is 16.1 Å². The van der Waals surface area contributed by atoms with E-state index in [2.05, 4.69) is 5.32 Å². The Bertz CT molecular complexity index is 1100. The first-order valence-electron chi connectivity index (χ1n) is 12.7. The maximum absolute atomic E-state index is 13.5. The Balaban J connectivity index is 2.22. The van der Waals surface area contributed by atoms with E-state index in [0.29, 0.717) is 25.1 Å². The molecule has 2 rings (SSSR count). The summed E-state index contributed by atoms with van der Waals surface area (Å²) in [5.74, 6) is -0.331. The highest BCUT2D eigenvalue weighted by molar-refractivity contribution is 7.92. The van der Waals surface area contributed by atoms with E-state index in [1.807, 2.05) is 83.1 Å². The van der Waals surface area contributed by atoms with Crippen LogP contribution in [0.5, 0.6) is 0 Å². The second-order valence-electron chi connectivity index (χ2n) is 9.53. The molecule has 8 heteroatoms. The van der Waals surface area contributed by atoms with Gasteiger partial charge in [0.2, 0.25) is 21.8 Å². The summed E-state index contributed by atoms with van der Waals surface area (Å²) in [6, 6.07) is 14.7. The van der Waals surface area contributed by atoms with E-state index in [1.54, 1.807) is 4.90 Å². The molecule has 2 unspecified atom stereocenters. The van der Waals surface area contributed by atoms with Gasteiger partial charge in [0.25, 0.3) is 0 Å². The molecular weight excluding hydrogens is 474 g/mol. The fourth-order valence-electron chi connectivity index (χ4n) is 4.24. The summed E-state index contributed by atoms with van der Waals surface area (Å²) in [5.41, 5.74) is 3.49. The van der Waals surface area contributed by atoms with Gasteiger partial charge in [0, 0.05) is 25.6 Å². The van der Waals surface area contributed by atoms with Crippen LogP contribution in [0, 0.1) is 13.8 Å². The highest BCUT2D eigenvalue weighted by atomic mass is 32.2. The number of nitrogens with one attached hydrogen (secondary N) is 1. The Morgan fingerprint density at radius 1 is 0.972 bits per heavy atom. The summed E-state index contributed by atoms with van der Waals surface area (Å²) in [6.45, 7) is 10.2. The first kappa shape index (κ1) is 29.4. The van der Waals surface area contributed by atoms with Crippen molar-refractivity contribution in [2.75, 3.05) is 17.1 Å². The molecule has 2 aromatic carbocycles. The zero-order chi connectivity index (χ0) is 26.9. The van der Waals surface area contributed by atoms with Crippen LogP contribution in [0.25, 0.3) is 0 Å². The van der Waals surface area contributed by atoms with Crippen LogP contribution in [0.4, 0.5) is 5.69 Å². The quantitative estimate of drug-likeness (QED) is 0.423. The predicted molar refractivity (Wildman–Crippen MR) is 146 cm³/mol. The van der Waals surface area contributed by atoms with Crippen molar-refractivity contribution >= 4 is 27.5 Å². The Kier molecular flexibility index (Phi) is 11.0. The highest BCUT2D eigenvalue weighted by Crippen LogP contribution is 2.22. The summed E-state index contributed by atoms with van der Waals surface area (Å²) in [7, 11) is -3.52. The Morgan fingerprint density at radius 3 is 2.11 bits per heavy atom. The van der Waals surface area contributed by atoms with Crippen molar-refractivity contribution < 1.29 is 18.0 Å². The third kappa shape index (κ3) is 8.66. The molecule has 0 aliphatic rings. The van der Waals surface area contributed by atoms with Gasteiger partial charge in [0.15, 0.2) is 0 Å². The zero-order valence-corrected chi connectivity index (χ0v) is 23.3. The molecule has 0 aliphatic carbocycles. The number of rotatable bonds is 13. The lowest BCUT2D eigenvalue weighted by Gasteiger charge is -2.32. The largest absolute Gasteiger partial charge is 0.352 e. The summed E-state index contributed by atoms with van der Waals surface area (Å²) >= 11 is 0. The van der Waals surface area contributed by atoms with Crippen molar-refractivity contribution in [1.29, 1.82) is 0 Å². The molecule has 36 heavy (non-hydrogen) atoms. The molecule has 0 aliphatic heterocycles. The van der Waals surface area contributed by atoms with E-state index in [9.17, 15) is 18.0 Å². The van der Waals surface area contributed by atoms with Gasteiger partial charge in [0.1, 0.15) is 6.04 Å². The zero-order valence-electron chi connectivity index (χ0n) is 22.5. The molecule has 0 fully saturated rings. The third-order valence-electron chi connectivity index (χ3n) is 6.23. The van der Waals surface area contributed by atoms with Crippen molar-refractivity contribution in [3.8, 4) is 0 Å². The van der Waals surface area contributed by atoms with Gasteiger partial charge < -0.3 is 10.2 Å². The topological polar surface area (TPSA) is 86.8 Å². The number of hydrogen-bond donors (Lipinski definition) is 1.